The van der Waals surface area contributed by atoms with Gasteiger partial charge >= 0.3 is 0 Å². The van der Waals surface area contributed by atoms with Crippen LogP contribution in [-0.2, 0) is 6.42 Å². The molecule has 4 nitrogen and oxygen atoms in total. The van der Waals surface area contributed by atoms with Crippen molar-refractivity contribution in [2.45, 2.75) is 12.8 Å². The normalized spacial score (nSPS) is 10.4. The molecular weight excluding hydrogens is 348 g/mol. The van der Waals surface area contributed by atoms with Gasteiger partial charge in [0.2, 0.25) is 0 Å². The highest BCUT2D eigenvalue weighted by molar-refractivity contribution is 5.94. The average Bonchev–Trinajstić information content (AvgIpc) is 2.69. The number of hydrogen-bond acceptors (Lipinski definition) is 3. The van der Waals surface area contributed by atoms with Crippen LogP contribution in [0.3, 0.4) is 0 Å². The predicted molar refractivity (Wildman–Crippen MR) is 101 cm³/mol. The van der Waals surface area contributed by atoms with Gasteiger partial charge in [-0.1, -0.05) is 36.4 Å². The van der Waals surface area contributed by atoms with E-state index in [4.69, 9.17) is 0 Å². The van der Waals surface area contributed by atoms with E-state index >= 15 is 0 Å². The molecule has 0 unspecified atom stereocenters. The number of amides is 1. The summed E-state index contributed by atoms with van der Waals surface area (Å²) in [5.41, 5.74) is 1.28. The van der Waals surface area contributed by atoms with Crippen LogP contribution >= 0.6 is 0 Å². The zero-order valence-electron chi connectivity index (χ0n) is 14.6. The molecule has 2 aromatic carbocycles. The fourth-order valence-corrected chi connectivity index (χ4v) is 2.63. The second kappa shape index (κ2) is 8.89. The zero-order valence-corrected chi connectivity index (χ0v) is 14.6. The molecule has 0 radical (unpaired) electrons. The monoisotopic (exact) mass is 367 g/mol. The van der Waals surface area contributed by atoms with Crippen LogP contribution < -0.4 is 10.6 Å². The van der Waals surface area contributed by atoms with Gasteiger partial charge in [-0.3, -0.25) is 4.79 Å². The lowest BCUT2D eigenvalue weighted by molar-refractivity contribution is 0.0953. The summed E-state index contributed by atoms with van der Waals surface area (Å²) in [7, 11) is 0. The Morgan fingerprint density at radius 2 is 1.70 bits per heavy atom. The van der Waals surface area contributed by atoms with E-state index in [-0.39, 0.29) is 17.4 Å². The minimum atomic E-state index is -0.729. The lowest BCUT2D eigenvalue weighted by Crippen LogP contribution is -2.24. The third-order valence-corrected chi connectivity index (χ3v) is 4.01. The third kappa shape index (κ3) is 5.10. The Morgan fingerprint density at radius 3 is 2.44 bits per heavy atom. The van der Waals surface area contributed by atoms with Crippen LogP contribution in [0.25, 0.3) is 0 Å². The molecule has 6 heteroatoms. The summed E-state index contributed by atoms with van der Waals surface area (Å²) in [6, 6.07) is 16.6. The highest BCUT2D eigenvalue weighted by Crippen LogP contribution is 2.22. The Labute approximate surface area is 156 Å². The number of pyridine rings is 1. The third-order valence-electron chi connectivity index (χ3n) is 4.01. The van der Waals surface area contributed by atoms with Crippen LogP contribution in [0.1, 0.15) is 22.3 Å². The number of aryl methyl sites for hydroxylation is 1. The first-order valence-electron chi connectivity index (χ1n) is 8.63. The molecule has 1 aromatic heterocycles. The van der Waals surface area contributed by atoms with E-state index in [1.165, 1.54) is 23.9 Å². The molecule has 0 aliphatic rings. The lowest BCUT2D eigenvalue weighted by atomic mass is 10.1. The van der Waals surface area contributed by atoms with Gasteiger partial charge in [-0.15, -0.1) is 0 Å². The van der Waals surface area contributed by atoms with Crippen molar-refractivity contribution in [3.05, 3.63) is 89.6 Å². The van der Waals surface area contributed by atoms with Gasteiger partial charge in [-0.2, -0.15) is 0 Å². The van der Waals surface area contributed by atoms with Gasteiger partial charge in [0, 0.05) is 18.3 Å². The van der Waals surface area contributed by atoms with Gasteiger partial charge in [-0.05, 0) is 42.7 Å². The number of rotatable bonds is 7. The zero-order chi connectivity index (χ0) is 19.1. The highest BCUT2D eigenvalue weighted by Gasteiger charge is 2.11. The molecule has 3 aromatic rings. The summed E-state index contributed by atoms with van der Waals surface area (Å²) >= 11 is 0. The summed E-state index contributed by atoms with van der Waals surface area (Å²) < 4.78 is 27.5. The fraction of sp³-hybridized carbons (Fsp3) is 0.143. The second-order valence-electron chi connectivity index (χ2n) is 6.00. The minimum Gasteiger partial charge on any atom is -0.352 e. The maximum atomic E-state index is 13.7. The van der Waals surface area contributed by atoms with Gasteiger partial charge in [0.1, 0.15) is 23.1 Å². The second-order valence-corrected chi connectivity index (χ2v) is 6.00. The van der Waals surface area contributed by atoms with Crippen LogP contribution in [0.4, 0.5) is 20.3 Å². The molecule has 0 bridgehead atoms. The molecule has 2 N–H and O–H groups in total. The number of nitrogens with one attached hydrogen (secondary N) is 2. The molecule has 3 rings (SSSR count). The Kier molecular flexibility index (Phi) is 6.10. The van der Waals surface area contributed by atoms with Crippen LogP contribution in [0.2, 0.25) is 0 Å². The molecule has 138 valence electrons. The van der Waals surface area contributed by atoms with E-state index in [1.807, 2.05) is 30.3 Å². The van der Waals surface area contributed by atoms with Crippen molar-refractivity contribution in [2.75, 3.05) is 11.9 Å². The van der Waals surface area contributed by atoms with Crippen molar-refractivity contribution in [1.82, 2.24) is 10.3 Å². The number of benzene rings is 2. The van der Waals surface area contributed by atoms with Gasteiger partial charge in [-0.25, -0.2) is 13.8 Å². The van der Waals surface area contributed by atoms with Crippen LogP contribution in [0.5, 0.6) is 0 Å². The smallest absolute Gasteiger partial charge is 0.251 e. The van der Waals surface area contributed by atoms with E-state index in [9.17, 15) is 13.6 Å². The molecule has 1 heterocycles. The van der Waals surface area contributed by atoms with Crippen molar-refractivity contribution >= 4 is 17.4 Å². The number of carbonyl (C=O) groups is 1. The minimum absolute atomic E-state index is 0.191. The summed E-state index contributed by atoms with van der Waals surface area (Å²) in [6.45, 7) is 0.529. The molecule has 0 saturated heterocycles. The standard InChI is InChI=1S/C21H19F2N3O/c22-17-9-4-10-18(23)20(17)26-19-14-16(11-13-24-19)21(27)25-12-5-8-15-6-2-1-3-7-15/h1-4,6-7,9-11,13-14H,5,8,12H2,(H,24,26)(H,25,27). The van der Waals surface area contributed by atoms with E-state index in [1.54, 1.807) is 6.07 Å². The van der Waals surface area contributed by atoms with Crippen molar-refractivity contribution in [3.8, 4) is 0 Å². The first-order valence-corrected chi connectivity index (χ1v) is 8.63. The van der Waals surface area contributed by atoms with Gasteiger partial charge in [0.25, 0.3) is 5.91 Å². The average molecular weight is 367 g/mol. The van der Waals surface area contributed by atoms with Gasteiger partial charge in [0.15, 0.2) is 0 Å². The Balaban J connectivity index is 1.57. The quantitative estimate of drug-likeness (QED) is 0.606. The van der Waals surface area contributed by atoms with Crippen molar-refractivity contribution < 1.29 is 13.6 Å². The lowest BCUT2D eigenvalue weighted by Gasteiger charge is -2.10. The van der Waals surface area contributed by atoms with E-state index in [0.717, 1.165) is 25.0 Å². The molecule has 0 aliphatic carbocycles. The molecule has 0 aliphatic heterocycles. The first kappa shape index (κ1) is 18.5. The number of carbonyl (C=O) groups excluding carboxylic acids is 1. The molecule has 0 spiro atoms. The highest BCUT2D eigenvalue weighted by atomic mass is 19.1. The van der Waals surface area contributed by atoms with Crippen molar-refractivity contribution in [1.29, 1.82) is 0 Å². The summed E-state index contributed by atoms with van der Waals surface area (Å²) in [4.78, 5) is 16.3. The first-order chi connectivity index (χ1) is 13.1. The van der Waals surface area contributed by atoms with E-state index < -0.39 is 11.6 Å². The molecule has 0 atom stereocenters. The maximum absolute atomic E-state index is 13.7. The topological polar surface area (TPSA) is 54.0 Å². The number of anilines is 2. The Morgan fingerprint density at radius 1 is 0.963 bits per heavy atom. The number of halogens is 2. The number of aromatic nitrogens is 1. The van der Waals surface area contributed by atoms with Gasteiger partial charge in [0.05, 0.1) is 0 Å². The Bertz CT molecular complexity index is 896. The largest absolute Gasteiger partial charge is 0.352 e. The van der Waals surface area contributed by atoms with Gasteiger partial charge < -0.3 is 10.6 Å². The number of para-hydroxylation sites is 1. The van der Waals surface area contributed by atoms with E-state index in [0.29, 0.717) is 12.1 Å². The molecule has 0 saturated carbocycles. The number of hydrogen-bond donors (Lipinski definition) is 2. The van der Waals surface area contributed by atoms with E-state index in [2.05, 4.69) is 15.6 Å². The summed E-state index contributed by atoms with van der Waals surface area (Å²) in [5, 5.41) is 5.42. The van der Waals surface area contributed by atoms with Crippen molar-refractivity contribution in [3.63, 3.8) is 0 Å². The summed E-state index contributed by atoms with van der Waals surface area (Å²) in [5.74, 6) is -1.53. The fourth-order valence-electron chi connectivity index (χ4n) is 2.63. The van der Waals surface area contributed by atoms with Crippen LogP contribution in [-0.4, -0.2) is 17.4 Å². The molecule has 0 fully saturated rings. The maximum Gasteiger partial charge on any atom is 0.251 e. The molecular formula is C21H19F2N3O. The predicted octanol–water partition coefficient (Wildman–Crippen LogP) is 4.47. The summed E-state index contributed by atoms with van der Waals surface area (Å²) in [6.07, 6.45) is 3.10. The molecule has 27 heavy (non-hydrogen) atoms. The number of nitrogens with zero attached hydrogens (tertiary/aromatic N) is 1. The van der Waals surface area contributed by atoms with Crippen LogP contribution in [0, 0.1) is 11.6 Å². The van der Waals surface area contributed by atoms with Crippen molar-refractivity contribution in [2.24, 2.45) is 0 Å². The SMILES string of the molecule is O=C(NCCCc1ccccc1)c1ccnc(Nc2c(F)cccc2F)c1. The molecule has 1 amide bonds. The Hall–Kier alpha value is -3.28. The van der Waals surface area contributed by atoms with Crippen LogP contribution in [0.15, 0.2) is 66.9 Å².